The first-order chi connectivity index (χ1) is 8.35. The third kappa shape index (κ3) is 1.32. The molecule has 0 N–H and O–H groups in total. The van der Waals surface area contributed by atoms with Crippen LogP contribution in [-0.4, -0.2) is 26.3 Å². The van der Waals surface area contributed by atoms with Crippen LogP contribution in [0.1, 0.15) is 22.8 Å². The van der Waals surface area contributed by atoms with E-state index in [1.165, 1.54) is 0 Å². The van der Waals surface area contributed by atoms with Gasteiger partial charge < -0.3 is 0 Å². The van der Waals surface area contributed by atoms with E-state index in [0.717, 1.165) is 29.2 Å². The zero-order valence-electron chi connectivity index (χ0n) is 9.29. The van der Waals surface area contributed by atoms with Crippen molar-refractivity contribution in [2.24, 2.45) is 0 Å². The number of aldehydes is 1. The lowest BCUT2D eigenvalue weighted by atomic mass is 10.1. The number of fused-ring (bicyclic) bond motifs is 3. The molecule has 5 nitrogen and oxygen atoms in total. The fourth-order valence-electron chi connectivity index (χ4n) is 2.11. The molecule has 17 heavy (non-hydrogen) atoms. The van der Waals surface area contributed by atoms with Crippen LogP contribution in [0.3, 0.4) is 0 Å². The van der Waals surface area contributed by atoms with Gasteiger partial charge >= 0.3 is 0 Å². The molecular weight excluding hydrogens is 216 g/mol. The predicted octanol–water partition coefficient (Wildman–Crippen LogP) is 1.65. The highest BCUT2D eigenvalue weighted by Crippen LogP contribution is 2.21. The largest absolute Gasteiger partial charge is 0.298 e. The van der Waals surface area contributed by atoms with Gasteiger partial charge in [-0.25, -0.2) is 0 Å². The topological polar surface area (TPSA) is 60.2 Å². The third-order valence-corrected chi connectivity index (χ3v) is 2.91. The summed E-state index contributed by atoms with van der Waals surface area (Å²) in [6, 6.07) is 7.81. The number of pyridine rings is 1. The van der Waals surface area contributed by atoms with Gasteiger partial charge in [-0.05, 0) is 28.5 Å². The molecule has 0 unspecified atom stereocenters. The van der Waals surface area contributed by atoms with Crippen molar-refractivity contribution < 1.29 is 4.79 Å². The second-order valence-corrected chi connectivity index (χ2v) is 3.84. The van der Waals surface area contributed by atoms with Crippen molar-refractivity contribution in [3.05, 3.63) is 35.4 Å². The molecule has 0 aliphatic rings. The van der Waals surface area contributed by atoms with Gasteiger partial charge in [-0.15, -0.1) is 5.10 Å². The Labute approximate surface area is 97.1 Å². The van der Waals surface area contributed by atoms with E-state index in [9.17, 15) is 4.79 Å². The SMILES string of the molecule is CCc1cccc2cc(C=O)c3nnnn3c12. The summed E-state index contributed by atoms with van der Waals surface area (Å²) in [6.45, 7) is 2.08. The molecule has 0 bridgehead atoms. The van der Waals surface area contributed by atoms with E-state index in [1.54, 1.807) is 4.52 Å². The Balaban J connectivity index is 2.59. The summed E-state index contributed by atoms with van der Waals surface area (Å²) in [5.74, 6) is 0. The van der Waals surface area contributed by atoms with Crippen molar-refractivity contribution in [3.63, 3.8) is 0 Å². The molecule has 0 radical (unpaired) electrons. The molecule has 3 rings (SSSR count). The highest BCUT2D eigenvalue weighted by molar-refractivity contribution is 5.94. The van der Waals surface area contributed by atoms with E-state index >= 15 is 0 Å². The standard InChI is InChI=1S/C12H10N4O/c1-2-8-4-3-5-9-6-10(7-17)12-13-14-15-16(12)11(8)9/h3-7H,2H2,1H3. The number of tetrazole rings is 1. The normalized spacial score (nSPS) is 11.1. The van der Waals surface area contributed by atoms with E-state index in [4.69, 9.17) is 0 Å². The van der Waals surface area contributed by atoms with Crippen molar-refractivity contribution in [1.29, 1.82) is 0 Å². The second kappa shape index (κ2) is 3.62. The maximum Gasteiger partial charge on any atom is 0.190 e. The maximum absolute atomic E-state index is 11.0. The van der Waals surface area contributed by atoms with Crippen LogP contribution in [0.5, 0.6) is 0 Å². The molecule has 3 aromatic rings. The van der Waals surface area contributed by atoms with Gasteiger partial charge in [-0.3, -0.25) is 4.79 Å². The van der Waals surface area contributed by atoms with E-state index in [2.05, 4.69) is 22.4 Å². The van der Waals surface area contributed by atoms with Crippen LogP contribution in [0.15, 0.2) is 24.3 Å². The molecule has 1 aromatic carbocycles. The molecular formula is C12H10N4O. The van der Waals surface area contributed by atoms with Gasteiger partial charge in [0.15, 0.2) is 11.9 Å². The average molecular weight is 226 g/mol. The minimum Gasteiger partial charge on any atom is -0.298 e. The lowest BCUT2D eigenvalue weighted by Crippen LogP contribution is -1.98. The first-order valence-corrected chi connectivity index (χ1v) is 5.43. The highest BCUT2D eigenvalue weighted by Gasteiger charge is 2.11. The van der Waals surface area contributed by atoms with Gasteiger partial charge in [0.05, 0.1) is 11.1 Å². The quantitative estimate of drug-likeness (QED) is 0.623. The number of benzene rings is 1. The number of rotatable bonds is 2. The molecule has 84 valence electrons. The predicted molar refractivity (Wildman–Crippen MR) is 63.1 cm³/mol. The van der Waals surface area contributed by atoms with Gasteiger partial charge in [-0.2, -0.15) is 4.52 Å². The monoisotopic (exact) mass is 226 g/mol. The molecule has 2 heterocycles. The van der Waals surface area contributed by atoms with Crippen molar-refractivity contribution in [2.45, 2.75) is 13.3 Å². The van der Waals surface area contributed by atoms with Gasteiger partial charge in [0.1, 0.15) is 0 Å². The Bertz CT molecular complexity index is 717. The summed E-state index contributed by atoms with van der Waals surface area (Å²) in [4.78, 5) is 11.0. The summed E-state index contributed by atoms with van der Waals surface area (Å²) in [5, 5.41) is 12.5. The Morgan fingerprint density at radius 2 is 2.29 bits per heavy atom. The molecule has 0 atom stereocenters. The van der Waals surface area contributed by atoms with Crippen LogP contribution in [-0.2, 0) is 6.42 Å². The number of aryl methyl sites for hydroxylation is 1. The van der Waals surface area contributed by atoms with Crippen LogP contribution in [0.4, 0.5) is 0 Å². The Morgan fingerprint density at radius 3 is 3.06 bits per heavy atom. The Kier molecular flexibility index (Phi) is 2.11. The third-order valence-electron chi connectivity index (χ3n) is 2.91. The number of hydrogen-bond donors (Lipinski definition) is 0. The van der Waals surface area contributed by atoms with Crippen molar-refractivity contribution in [1.82, 2.24) is 20.0 Å². The van der Waals surface area contributed by atoms with Crippen molar-refractivity contribution in [3.8, 4) is 0 Å². The van der Waals surface area contributed by atoms with E-state index in [0.29, 0.717) is 11.2 Å². The smallest absolute Gasteiger partial charge is 0.190 e. The number of carbonyl (C=O) groups excluding carboxylic acids is 1. The second-order valence-electron chi connectivity index (χ2n) is 3.84. The Morgan fingerprint density at radius 1 is 1.41 bits per heavy atom. The fourth-order valence-corrected chi connectivity index (χ4v) is 2.11. The molecule has 0 aliphatic carbocycles. The lowest BCUT2D eigenvalue weighted by molar-refractivity contribution is 0.112. The number of carbonyl (C=O) groups is 1. The van der Waals surface area contributed by atoms with Crippen LogP contribution >= 0.6 is 0 Å². The van der Waals surface area contributed by atoms with Crippen LogP contribution < -0.4 is 0 Å². The molecule has 0 saturated heterocycles. The first-order valence-electron chi connectivity index (χ1n) is 5.43. The summed E-state index contributed by atoms with van der Waals surface area (Å²) in [5.41, 5.74) is 3.15. The molecule has 0 fully saturated rings. The summed E-state index contributed by atoms with van der Waals surface area (Å²) in [6.07, 6.45) is 1.68. The first kappa shape index (κ1) is 9.89. The molecule has 5 heteroatoms. The van der Waals surface area contributed by atoms with Crippen molar-refractivity contribution >= 4 is 22.8 Å². The maximum atomic E-state index is 11.0. The number of aromatic nitrogens is 4. The van der Waals surface area contributed by atoms with Gasteiger partial charge in [0.2, 0.25) is 0 Å². The summed E-state index contributed by atoms with van der Waals surface area (Å²) in [7, 11) is 0. The number of para-hydroxylation sites is 1. The van der Waals surface area contributed by atoms with E-state index < -0.39 is 0 Å². The average Bonchev–Trinajstić information content (AvgIpc) is 2.86. The van der Waals surface area contributed by atoms with Gasteiger partial charge in [-0.1, -0.05) is 25.1 Å². The van der Waals surface area contributed by atoms with E-state index in [1.807, 2.05) is 24.3 Å². The summed E-state index contributed by atoms with van der Waals surface area (Å²) < 4.78 is 1.64. The van der Waals surface area contributed by atoms with E-state index in [-0.39, 0.29) is 0 Å². The molecule has 2 aromatic heterocycles. The molecule has 0 aliphatic heterocycles. The fraction of sp³-hybridized carbons (Fsp3) is 0.167. The van der Waals surface area contributed by atoms with Crippen LogP contribution in [0, 0.1) is 0 Å². The number of hydrogen-bond acceptors (Lipinski definition) is 4. The molecule has 0 amide bonds. The minimum atomic E-state index is 0.508. The van der Waals surface area contributed by atoms with Crippen LogP contribution in [0.2, 0.25) is 0 Å². The lowest BCUT2D eigenvalue weighted by Gasteiger charge is -2.06. The summed E-state index contributed by atoms with van der Waals surface area (Å²) >= 11 is 0. The van der Waals surface area contributed by atoms with Gasteiger partial charge in [0.25, 0.3) is 0 Å². The minimum absolute atomic E-state index is 0.508. The Hall–Kier alpha value is -2.30. The number of nitrogens with zero attached hydrogens (tertiary/aromatic N) is 4. The molecule has 0 spiro atoms. The zero-order chi connectivity index (χ0) is 11.8. The van der Waals surface area contributed by atoms with Gasteiger partial charge in [0, 0.05) is 5.39 Å². The van der Waals surface area contributed by atoms with Crippen molar-refractivity contribution in [2.75, 3.05) is 0 Å². The zero-order valence-corrected chi connectivity index (χ0v) is 9.29. The van der Waals surface area contributed by atoms with Crippen LogP contribution in [0.25, 0.3) is 16.6 Å². The molecule has 0 saturated carbocycles. The highest BCUT2D eigenvalue weighted by atomic mass is 16.1.